The lowest BCUT2D eigenvalue weighted by Crippen LogP contribution is -1.86. The largest absolute Gasteiger partial charge is 0.207 e. The lowest BCUT2D eigenvalue weighted by Gasteiger charge is -2.05. The molecule has 0 saturated carbocycles. The summed E-state index contributed by atoms with van der Waals surface area (Å²) >= 11 is 9.11. The van der Waals surface area contributed by atoms with Gasteiger partial charge in [-0.05, 0) is 30.7 Å². The summed E-state index contributed by atoms with van der Waals surface area (Å²) in [6.45, 7) is 1.90. The summed E-state index contributed by atoms with van der Waals surface area (Å²) in [5.74, 6) is -0.254. The van der Waals surface area contributed by atoms with E-state index in [1.165, 1.54) is 12.1 Å². The van der Waals surface area contributed by atoms with Gasteiger partial charge in [0.1, 0.15) is 5.82 Å². The average Bonchev–Trinajstić information content (AvgIpc) is 1.94. The predicted octanol–water partition coefficient (Wildman–Crippen LogP) is 3.94. The molecule has 0 radical (unpaired) electrons. The van der Waals surface area contributed by atoms with Crippen molar-refractivity contribution in [2.75, 3.05) is 0 Å². The Kier molecular flexibility index (Phi) is 2.90. The molecule has 0 aliphatic heterocycles. The lowest BCUT2D eigenvalue weighted by atomic mass is 10.2. The van der Waals surface area contributed by atoms with Crippen LogP contribution in [0.15, 0.2) is 18.2 Å². The lowest BCUT2D eigenvalue weighted by molar-refractivity contribution is 0.625. The maximum absolute atomic E-state index is 12.6. The van der Waals surface area contributed by atoms with Crippen LogP contribution in [-0.4, -0.2) is 0 Å². The van der Waals surface area contributed by atoms with Crippen LogP contribution in [0.25, 0.3) is 0 Å². The predicted molar refractivity (Wildman–Crippen MR) is 48.8 cm³/mol. The normalized spacial score (nSPS) is 13.1. The summed E-state index contributed by atoms with van der Waals surface area (Å²) < 4.78 is 12.6. The summed E-state index contributed by atoms with van der Waals surface area (Å²) in [4.78, 5) is 0.0886. The Morgan fingerprint density at radius 2 is 2.18 bits per heavy atom. The van der Waals surface area contributed by atoms with Gasteiger partial charge in [-0.1, -0.05) is 27.5 Å². The van der Waals surface area contributed by atoms with Crippen molar-refractivity contribution in [3.8, 4) is 0 Å². The summed E-state index contributed by atoms with van der Waals surface area (Å²) in [7, 11) is 0. The van der Waals surface area contributed by atoms with Gasteiger partial charge in [-0.3, -0.25) is 0 Å². The topological polar surface area (TPSA) is 0 Å². The van der Waals surface area contributed by atoms with Gasteiger partial charge in [-0.25, -0.2) is 4.39 Å². The smallest absolute Gasteiger partial charge is 0.123 e. The number of halogens is 3. The fourth-order valence-electron chi connectivity index (χ4n) is 0.819. The van der Waals surface area contributed by atoms with Gasteiger partial charge in [0.2, 0.25) is 0 Å². The van der Waals surface area contributed by atoms with Gasteiger partial charge in [-0.15, -0.1) is 0 Å². The molecule has 0 aliphatic carbocycles. The van der Waals surface area contributed by atoms with Crippen LogP contribution in [0.4, 0.5) is 4.39 Å². The second-order valence-electron chi connectivity index (χ2n) is 2.28. The second kappa shape index (κ2) is 3.55. The number of rotatable bonds is 1. The van der Waals surface area contributed by atoms with E-state index >= 15 is 0 Å². The van der Waals surface area contributed by atoms with Crippen molar-refractivity contribution >= 4 is 27.5 Å². The van der Waals surface area contributed by atoms with Gasteiger partial charge in [0.15, 0.2) is 0 Å². The van der Waals surface area contributed by atoms with Crippen LogP contribution in [-0.2, 0) is 0 Å². The first-order valence-corrected chi connectivity index (χ1v) is 4.49. The first-order chi connectivity index (χ1) is 5.11. The van der Waals surface area contributed by atoms with E-state index in [4.69, 9.17) is 11.6 Å². The molecular weight excluding hydrogens is 230 g/mol. The van der Waals surface area contributed by atoms with E-state index in [2.05, 4.69) is 15.9 Å². The molecule has 0 N–H and O–H groups in total. The highest BCUT2D eigenvalue weighted by molar-refractivity contribution is 9.09. The second-order valence-corrected chi connectivity index (χ2v) is 4.06. The first kappa shape index (κ1) is 9.01. The number of alkyl halides is 1. The third kappa shape index (κ3) is 2.17. The molecule has 0 aromatic heterocycles. The molecule has 1 aromatic carbocycles. The van der Waals surface area contributed by atoms with Crippen molar-refractivity contribution < 1.29 is 4.39 Å². The van der Waals surface area contributed by atoms with Crippen LogP contribution < -0.4 is 0 Å². The van der Waals surface area contributed by atoms with E-state index in [9.17, 15) is 4.39 Å². The standard InChI is InChI=1S/C8H7BrClF/c1-5(9)7-4-6(11)2-3-8(7)10/h2-5H,1H3/t5-/m1/s1. The molecule has 1 aromatic rings. The Labute approximate surface area is 78.5 Å². The number of benzene rings is 1. The minimum absolute atomic E-state index is 0.0886. The number of hydrogen-bond donors (Lipinski definition) is 0. The quantitative estimate of drug-likeness (QED) is 0.649. The zero-order valence-electron chi connectivity index (χ0n) is 5.94. The highest BCUT2D eigenvalue weighted by Crippen LogP contribution is 2.28. The maximum Gasteiger partial charge on any atom is 0.123 e. The molecule has 0 bridgehead atoms. The molecule has 1 rings (SSSR count). The van der Waals surface area contributed by atoms with Crippen molar-refractivity contribution in [3.63, 3.8) is 0 Å². The Morgan fingerprint density at radius 1 is 1.55 bits per heavy atom. The van der Waals surface area contributed by atoms with E-state index in [0.29, 0.717) is 5.02 Å². The third-order valence-corrected chi connectivity index (χ3v) is 2.22. The van der Waals surface area contributed by atoms with Crippen molar-refractivity contribution in [1.82, 2.24) is 0 Å². The van der Waals surface area contributed by atoms with Crippen LogP contribution in [0.2, 0.25) is 5.02 Å². The molecule has 60 valence electrons. The molecule has 0 fully saturated rings. The average molecular weight is 237 g/mol. The third-order valence-electron chi connectivity index (χ3n) is 1.39. The highest BCUT2D eigenvalue weighted by atomic mass is 79.9. The molecule has 0 amide bonds. The summed E-state index contributed by atoms with van der Waals surface area (Å²) in [5, 5.41) is 0.593. The van der Waals surface area contributed by atoms with Gasteiger partial charge in [-0.2, -0.15) is 0 Å². The molecule has 0 saturated heterocycles. The zero-order valence-corrected chi connectivity index (χ0v) is 8.29. The molecule has 1 atom stereocenters. The van der Waals surface area contributed by atoms with Crippen molar-refractivity contribution in [2.45, 2.75) is 11.8 Å². The Bertz CT molecular complexity index is 260. The van der Waals surface area contributed by atoms with Gasteiger partial charge >= 0.3 is 0 Å². The molecule has 0 spiro atoms. The van der Waals surface area contributed by atoms with Crippen LogP contribution in [0.1, 0.15) is 17.3 Å². The monoisotopic (exact) mass is 236 g/mol. The van der Waals surface area contributed by atoms with Crippen molar-refractivity contribution in [1.29, 1.82) is 0 Å². The Morgan fingerprint density at radius 3 is 2.64 bits per heavy atom. The summed E-state index contributed by atoms with van der Waals surface area (Å²) in [6, 6.07) is 4.34. The van der Waals surface area contributed by atoms with Crippen molar-refractivity contribution in [2.24, 2.45) is 0 Å². The molecule has 0 unspecified atom stereocenters. The Hall–Kier alpha value is -0.0800. The Balaban J connectivity index is 3.13. The molecular formula is C8H7BrClF. The van der Waals surface area contributed by atoms with E-state index < -0.39 is 0 Å². The minimum atomic E-state index is -0.254. The maximum atomic E-state index is 12.6. The molecule has 3 heteroatoms. The molecule has 0 nitrogen and oxygen atoms in total. The highest BCUT2D eigenvalue weighted by Gasteiger charge is 2.06. The first-order valence-electron chi connectivity index (χ1n) is 3.20. The number of hydrogen-bond acceptors (Lipinski definition) is 0. The van der Waals surface area contributed by atoms with Crippen molar-refractivity contribution in [3.05, 3.63) is 34.6 Å². The van der Waals surface area contributed by atoms with Crippen LogP contribution in [0.5, 0.6) is 0 Å². The van der Waals surface area contributed by atoms with Crippen LogP contribution in [0.3, 0.4) is 0 Å². The van der Waals surface area contributed by atoms with E-state index in [0.717, 1.165) is 5.56 Å². The van der Waals surface area contributed by atoms with Gasteiger partial charge < -0.3 is 0 Å². The van der Waals surface area contributed by atoms with E-state index in [1.807, 2.05) is 6.92 Å². The molecule has 0 aliphatic rings. The minimum Gasteiger partial charge on any atom is -0.207 e. The van der Waals surface area contributed by atoms with E-state index in [-0.39, 0.29) is 10.6 Å². The summed E-state index contributed by atoms with van der Waals surface area (Å²) in [5.41, 5.74) is 0.784. The molecule has 11 heavy (non-hydrogen) atoms. The van der Waals surface area contributed by atoms with Gasteiger partial charge in [0, 0.05) is 9.85 Å². The van der Waals surface area contributed by atoms with Crippen LogP contribution in [0, 0.1) is 5.82 Å². The zero-order chi connectivity index (χ0) is 8.43. The SMILES string of the molecule is C[C@@H](Br)c1cc(F)ccc1Cl. The summed E-state index contributed by atoms with van der Waals surface area (Å²) in [6.07, 6.45) is 0. The molecule has 0 heterocycles. The fraction of sp³-hybridized carbons (Fsp3) is 0.250. The fourth-order valence-corrected chi connectivity index (χ4v) is 1.61. The van der Waals surface area contributed by atoms with Crippen LogP contribution >= 0.6 is 27.5 Å². The van der Waals surface area contributed by atoms with Gasteiger partial charge in [0.25, 0.3) is 0 Å². The van der Waals surface area contributed by atoms with Gasteiger partial charge in [0.05, 0.1) is 0 Å². The van der Waals surface area contributed by atoms with E-state index in [1.54, 1.807) is 6.07 Å².